The number of hydrogen-bond acceptors (Lipinski definition) is 3. The largest absolute Gasteiger partial charge is 0.392 e. The van der Waals surface area contributed by atoms with Crippen LogP contribution in [0.5, 0.6) is 0 Å². The van der Waals surface area contributed by atoms with Gasteiger partial charge in [0.1, 0.15) is 0 Å². The van der Waals surface area contributed by atoms with Crippen LogP contribution in [0.1, 0.15) is 35.1 Å². The molecule has 1 heterocycles. The van der Waals surface area contributed by atoms with Gasteiger partial charge in [0.25, 0.3) is 0 Å². The molecule has 0 atom stereocenters. The fourth-order valence-electron chi connectivity index (χ4n) is 3.22. The monoisotopic (exact) mass is 325 g/mol. The molecule has 3 nitrogen and oxygen atoms in total. The van der Waals surface area contributed by atoms with E-state index in [0.29, 0.717) is 6.10 Å². The van der Waals surface area contributed by atoms with Crippen LogP contribution in [-0.4, -0.2) is 29.2 Å². The van der Waals surface area contributed by atoms with Crippen LogP contribution in [0.4, 0.5) is 0 Å². The summed E-state index contributed by atoms with van der Waals surface area (Å²) in [5, 5.41) is 9.10. The van der Waals surface area contributed by atoms with Crippen molar-refractivity contribution in [1.29, 1.82) is 0 Å². The molecule has 24 heavy (non-hydrogen) atoms. The summed E-state index contributed by atoms with van der Waals surface area (Å²) in [6.45, 7) is 6.13. The summed E-state index contributed by atoms with van der Waals surface area (Å²) >= 11 is 0. The Kier molecular flexibility index (Phi) is 6.02. The van der Waals surface area contributed by atoms with Gasteiger partial charge in [-0.15, -0.1) is 0 Å². The molecule has 128 valence electrons. The van der Waals surface area contributed by atoms with E-state index in [1.807, 2.05) is 12.1 Å². The van der Waals surface area contributed by atoms with Gasteiger partial charge in [-0.1, -0.05) is 48.5 Å². The Bertz CT molecular complexity index is 631. The summed E-state index contributed by atoms with van der Waals surface area (Å²) in [4.78, 5) is 2.49. The number of hydrogen-bond donors (Lipinski definition) is 1. The predicted octanol–water partition coefficient (Wildman–Crippen LogP) is 3.67. The fraction of sp³-hybridized carbons (Fsp3) is 0.429. The molecule has 3 heteroatoms. The SMILES string of the molecule is Cc1ccccc1COC1CCN(Cc2ccc(CO)cc2)CC1. The molecule has 2 aromatic rings. The predicted molar refractivity (Wildman–Crippen MR) is 96.6 cm³/mol. The zero-order valence-corrected chi connectivity index (χ0v) is 14.4. The lowest BCUT2D eigenvalue weighted by Gasteiger charge is -2.32. The quantitative estimate of drug-likeness (QED) is 0.879. The average Bonchev–Trinajstić information content (AvgIpc) is 2.63. The lowest BCUT2D eigenvalue weighted by Crippen LogP contribution is -2.36. The zero-order chi connectivity index (χ0) is 16.8. The summed E-state index contributed by atoms with van der Waals surface area (Å²) < 4.78 is 6.12. The van der Waals surface area contributed by atoms with Gasteiger partial charge in [-0.3, -0.25) is 4.90 Å². The van der Waals surface area contributed by atoms with E-state index in [2.05, 4.69) is 48.2 Å². The van der Waals surface area contributed by atoms with E-state index in [-0.39, 0.29) is 6.61 Å². The summed E-state index contributed by atoms with van der Waals surface area (Å²) in [6.07, 6.45) is 2.57. The number of benzene rings is 2. The van der Waals surface area contributed by atoms with E-state index < -0.39 is 0 Å². The Hall–Kier alpha value is -1.68. The smallest absolute Gasteiger partial charge is 0.0723 e. The molecular formula is C21H27NO2. The molecule has 0 bridgehead atoms. The summed E-state index contributed by atoms with van der Waals surface area (Å²) in [6, 6.07) is 16.7. The molecule has 2 aromatic carbocycles. The number of likely N-dealkylation sites (tertiary alicyclic amines) is 1. The number of aliphatic hydroxyl groups excluding tert-OH is 1. The van der Waals surface area contributed by atoms with Gasteiger partial charge in [-0.2, -0.15) is 0 Å². The van der Waals surface area contributed by atoms with Crippen LogP contribution in [0.25, 0.3) is 0 Å². The van der Waals surface area contributed by atoms with Crippen molar-refractivity contribution in [2.75, 3.05) is 13.1 Å². The van der Waals surface area contributed by atoms with Crippen molar-refractivity contribution < 1.29 is 9.84 Å². The number of piperidine rings is 1. The van der Waals surface area contributed by atoms with E-state index in [1.165, 1.54) is 16.7 Å². The molecule has 0 radical (unpaired) electrons. The van der Waals surface area contributed by atoms with Crippen molar-refractivity contribution in [1.82, 2.24) is 4.90 Å². The number of aliphatic hydroxyl groups is 1. The van der Waals surface area contributed by atoms with Gasteiger partial charge in [-0.25, -0.2) is 0 Å². The Labute approximate surface area is 144 Å². The molecule has 1 saturated heterocycles. The lowest BCUT2D eigenvalue weighted by molar-refractivity contribution is -0.00411. The normalized spacial score (nSPS) is 16.4. The third-order valence-electron chi connectivity index (χ3n) is 4.88. The van der Waals surface area contributed by atoms with Gasteiger partial charge in [-0.05, 0) is 42.0 Å². The van der Waals surface area contributed by atoms with Crippen LogP contribution in [-0.2, 0) is 24.5 Å². The third kappa shape index (κ3) is 4.67. The highest BCUT2D eigenvalue weighted by molar-refractivity contribution is 5.24. The molecule has 0 saturated carbocycles. The Morgan fingerprint density at radius 3 is 2.33 bits per heavy atom. The molecule has 0 aromatic heterocycles. The maximum atomic E-state index is 9.10. The van der Waals surface area contributed by atoms with E-state index >= 15 is 0 Å². The van der Waals surface area contributed by atoms with E-state index in [1.54, 1.807) is 0 Å². The fourth-order valence-corrected chi connectivity index (χ4v) is 3.22. The molecular weight excluding hydrogens is 298 g/mol. The topological polar surface area (TPSA) is 32.7 Å². The number of nitrogens with zero attached hydrogens (tertiary/aromatic N) is 1. The van der Waals surface area contributed by atoms with Crippen molar-refractivity contribution in [3.05, 3.63) is 70.8 Å². The standard InChI is InChI=1S/C21H27NO2/c1-17-4-2-3-5-20(17)16-24-21-10-12-22(13-11-21)14-18-6-8-19(15-23)9-7-18/h2-9,21,23H,10-16H2,1H3. The highest BCUT2D eigenvalue weighted by Crippen LogP contribution is 2.19. The Morgan fingerprint density at radius 2 is 1.67 bits per heavy atom. The third-order valence-corrected chi connectivity index (χ3v) is 4.88. The summed E-state index contributed by atoms with van der Waals surface area (Å²) in [5.74, 6) is 0. The van der Waals surface area contributed by atoms with Gasteiger partial charge >= 0.3 is 0 Å². The molecule has 3 rings (SSSR count). The molecule has 0 unspecified atom stereocenters. The van der Waals surface area contributed by atoms with Crippen LogP contribution >= 0.6 is 0 Å². The van der Waals surface area contributed by atoms with Gasteiger partial charge in [0.05, 0.1) is 19.3 Å². The molecule has 1 aliphatic rings. The van der Waals surface area contributed by atoms with E-state index in [4.69, 9.17) is 9.84 Å². The van der Waals surface area contributed by atoms with Crippen molar-refractivity contribution in [3.63, 3.8) is 0 Å². The second-order valence-corrected chi connectivity index (χ2v) is 6.69. The van der Waals surface area contributed by atoms with Gasteiger partial charge in [0.15, 0.2) is 0 Å². The van der Waals surface area contributed by atoms with Crippen LogP contribution in [0, 0.1) is 6.92 Å². The minimum absolute atomic E-state index is 0.115. The van der Waals surface area contributed by atoms with E-state index in [0.717, 1.165) is 44.6 Å². The first-order valence-electron chi connectivity index (χ1n) is 8.82. The minimum atomic E-state index is 0.115. The van der Waals surface area contributed by atoms with Crippen molar-refractivity contribution in [2.24, 2.45) is 0 Å². The second kappa shape index (κ2) is 8.43. The van der Waals surface area contributed by atoms with Gasteiger partial charge in [0, 0.05) is 19.6 Å². The molecule has 0 aliphatic carbocycles. The highest BCUT2D eigenvalue weighted by Gasteiger charge is 2.19. The summed E-state index contributed by atoms with van der Waals surface area (Å²) in [5.41, 5.74) is 4.89. The molecule has 1 fully saturated rings. The van der Waals surface area contributed by atoms with Crippen molar-refractivity contribution in [2.45, 2.75) is 45.6 Å². The molecule has 0 amide bonds. The van der Waals surface area contributed by atoms with Crippen LogP contribution in [0.2, 0.25) is 0 Å². The maximum absolute atomic E-state index is 9.10. The second-order valence-electron chi connectivity index (χ2n) is 6.69. The summed E-state index contributed by atoms with van der Waals surface area (Å²) in [7, 11) is 0. The minimum Gasteiger partial charge on any atom is -0.392 e. The van der Waals surface area contributed by atoms with Gasteiger partial charge in [0.2, 0.25) is 0 Å². The highest BCUT2D eigenvalue weighted by atomic mass is 16.5. The maximum Gasteiger partial charge on any atom is 0.0723 e. The van der Waals surface area contributed by atoms with E-state index in [9.17, 15) is 0 Å². The number of aryl methyl sites for hydroxylation is 1. The first kappa shape index (κ1) is 17.2. The van der Waals surface area contributed by atoms with Crippen LogP contribution < -0.4 is 0 Å². The number of rotatable bonds is 6. The van der Waals surface area contributed by atoms with Gasteiger partial charge < -0.3 is 9.84 Å². The van der Waals surface area contributed by atoms with Crippen molar-refractivity contribution in [3.8, 4) is 0 Å². The first-order chi connectivity index (χ1) is 11.7. The molecule has 1 aliphatic heterocycles. The van der Waals surface area contributed by atoms with Crippen LogP contribution in [0.3, 0.4) is 0 Å². The Balaban J connectivity index is 1.43. The average molecular weight is 325 g/mol. The molecule has 0 spiro atoms. The zero-order valence-electron chi connectivity index (χ0n) is 14.4. The first-order valence-corrected chi connectivity index (χ1v) is 8.82. The lowest BCUT2D eigenvalue weighted by atomic mass is 10.1. The van der Waals surface area contributed by atoms with Crippen LogP contribution in [0.15, 0.2) is 48.5 Å². The Morgan fingerprint density at radius 1 is 1.00 bits per heavy atom. The number of ether oxygens (including phenoxy) is 1. The molecule has 1 N–H and O–H groups in total. The van der Waals surface area contributed by atoms with Crippen molar-refractivity contribution >= 4 is 0 Å².